The zero-order valence-corrected chi connectivity index (χ0v) is 81.1. The molecule has 128 heavy (non-hydrogen) atoms. The lowest BCUT2D eigenvalue weighted by molar-refractivity contribution is -0.116. The van der Waals surface area contributed by atoms with Crippen molar-refractivity contribution in [3.63, 3.8) is 0 Å². The number of para-hydroxylation sites is 1. The Kier molecular flexibility index (Phi) is 55.3. The number of carbonyl (C=O) groups is 1. The second-order valence-electron chi connectivity index (χ2n) is 34.3. The third-order valence-corrected chi connectivity index (χ3v) is 22.5. The predicted molar refractivity (Wildman–Crippen MR) is 530 cm³/mol. The second kappa shape index (κ2) is 67.0. The minimum atomic E-state index is 0.00270. The van der Waals surface area contributed by atoms with Crippen LogP contribution in [0, 0.1) is 6.92 Å². The van der Waals surface area contributed by atoms with Crippen LogP contribution < -0.4 is 71.6 Å². The van der Waals surface area contributed by atoms with Crippen LogP contribution in [-0.2, 0) is 31.2 Å². The van der Waals surface area contributed by atoms with E-state index in [1.165, 1.54) is 5.56 Å². The summed E-state index contributed by atoms with van der Waals surface area (Å²) in [6.45, 7) is 29.8. The fourth-order valence-electron chi connectivity index (χ4n) is 14.9. The van der Waals surface area contributed by atoms with Gasteiger partial charge in [0.2, 0.25) is 28.9 Å². The van der Waals surface area contributed by atoms with E-state index in [1.54, 1.807) is 0 Å². The molecule has 0 aromatic heterocycles. The van der Waals surface area contributed by atoms with Crippen LogP contribution in [0.3, 0.4) is 0 Å². The number of aryl methyl sites for hydroxylation is 1. The van der Waals surface area contributed by atoms with Gasteiger partial charge in [0.15, 0.2) is 46.0 Å². The van der Waals surface area contributed by atoms with Gasteiger partial charge in [0.25, 0.3) is 0 Å². The fraction of sp³-hybridized carbons (Fsp3) is 0.580. The molecule has 16 heteroatoms. The number of benzene rings is 7. The van der Waals surface area contributed by atoms with Crippen LogP contribution in [-0.4, -0.2) is 72.0 Å². The molecule has 0 bridgehead atoms. The lowest BCUT2D eigenvalue weighted by atomic mass is 10.1. The maximum atomic E-state index is 12.9. The Morgan fingerprint density at radius 1 is 0.258 bits per heavy atom. The van der Waals surface area contributed by atoms with Gasteiger partial charge in [-0.25, -0.2) is 0 Å². The number of hydrogen-bond acceptors (Lipinski definition) is 15. The molecule has 0 spiro atoms. The second-order valence-corrected chi connectivity index (χ2v) is 34.3. The Morgan fingerprint density at radius 2 is 0.516 bits per heavy atom. The van der Waals surface area contributed by atoms with Gasteiger partial charge < -0.3 is 71.6 Å². The smallest absolute Gasteiger partial charge is 0.224 e. The number of rotatable bonds is 77. The third-order valence-electron chi connectivity index (χ3n) is 22.5. The SMILES string of the molecule is CC=Cc1cc(OCc2cc(OCc3cc(OCCCCCC)c(OCCCCCC)c(OCCCCCC)c3)c(OCc3cc(OCCCCCC)c(OCCCCCC)c(OCCCCCC)c3)c(OCc3cc(OCCCCCC)c(OCCCCCC)c(OCCCCCC)c3)c2)c(C=Cc2ccc(C)cc2)cc1OCCCCCC(=O)Nc1ccccc1. The summed E-state index contributed by atoms with van der Waals surface area (Å²) in [7, 11) is 0. The van der Waals surface area contributed by atoms with Crippen molar-refractivity contribution in [2.24, 2.45) is 0 Å². The van der Waals surface area contributed by atoms with Gasteiger partial charge in [-0.2, -0.15) is 0 Å². The fourth-order valence-corrected chi connectivity index (χ4v) is 14.9. The summed E-state index contributed by atoms with van der Waals surface area (Å²) in [5.74, 6) is 8.24. The van der Waals surface area contributed by atoms with Gasteiger partial charge in [0.05, 0.1) is 66.1 Å². The third kappa shape index (κ3) is 42.1. The normalized spacial score (nSPS) is 11.3. The summed E-state index contributed by atoms with van der Waals surface area (Å²) in [5, 5.41) is 3.03. The number of carbonyl (C=O) groups excluding carboxylic acids is 1. The maximum Gasteiger partial charge on any atom is 0.224 e. The predicted octanol–water partition coefficient (Wildman–Crippen LogP) is 31.7. The number of unbranched alkanes of at least 4 members (excludes halogenated alkanes) is 29. The first-order valence-electron chi connectivity index (χ1n) is 50.4. The standard InChI is InChI=1S/C112H165NO15/c1-12-22-31-45-66-116-100-75-91(76-101(117-67-46-32-23-13-2)109(100)122-72-51-37-28-18-7)86-126-106-81-93(85-125-99-83-95(55-21-10)98(84-96(99)64-63-90-61-59-89(11)60-62-90)115-65-54-41-44-58-108(114)113-97-56-42-40-43-57-97)82-107(127-87-92-77-102(118-68-47-33-24-14-3)110(123-73-52-38-29-19-8)103(78-92)119-69-48-34-25-15-4)112(106)128-88-94-79-104(120-70-49-35-26-16-5)111(124-74-53-39-30-20-9)105(80-94)121-71-50-36-27-17-6/h21,40,42-43,55-57,59-64,75-84H,12-20,22-39,41,44-54,58,65-74,85-88H2,1-11H3,(H,113,114). The van der Waals surface area contributed by atoms with Gasteiger partial charge in [-0.3, -0.25) is 4.79 Å². The van der Waals surface area contributed by atoms with E-state index in [9.17, 15) is 4.79 Å². The van der Waals surface area contributed by atoms with E-state index in [1.807, 2.05) is 55.5 Å². The lowest BCUT2D eigenvalue weighted by Crippen LogP contribution is -2.11. The Morgan fingerprint density at radius 3 is 0.828 bits per heavy atom. The minimum Gasteiger partial charge on any atom is -0.493 e. The van der Waals surface area contributed by atoms with Gasteiger partial charge in [-0.1, -0.05) is 308 Å². The highest BCUT2D eigenvalue weighted by Crippen LogP contribution is 2.47. The Balaban J connectivity index is 1.45. The molecule has 0 aliphatic heterocycles. The molecule has 1 N–H and O–H groups in total. The number of allylic oxidation sites excluding steroid dienone is 1. The largest absolute Gasteiger partial charge is 0.493 e. The van der Waals surface area contributed by atoms with Gasteiger partial charge >= 0.3 is 0 Å². The van der Waals surface area contributed by atoms with Crippen molar-refractivity contribution in [1.29, 1.82) is 0 Å². The molecule has 7 aromatic rings. The van der Waals surface area contributed by atoms with Gasteiger partial charge in [0, 0.05) is 23.2 Å². The molecule has 0 aliphatic rings. The van der Waals surface area contributed by atoms with Crippen LogP contribution in [0.15, 0.2) is 121 Å². The number of anilines is 1. The zero-order valence-electron chi connectivity index (χ0n) is 81.1. The molecule has 7 rings (SSSR count). The van der Waals surface area contributed by atoms with Crippen molar-refractivity contribution in [3.05, 3.63) is 166 Å². The van der Waals surface area contributed by atoms with Crippen LogP contribution >= 0.6 is 0 Å². The molecule has 708 valence electrons. The van der Waals surface area contributed by atoms with Crippen LogP contribution in [0.25, 0.3) is 18.2 Å². The first kappa shape index (κ1) is 106. The Bertz CT molecular complexity index is 3930. The van der Waals surface area contributed by atoms with Gasteiger partial charge in [-0.15, -0.1) is 0 Å². The molecular weight excluding hydrogens is 1600 g/mol. The number of amides is 1. The quantitative estimate of drug-likeness (QED) is 0.0283. The maximum absolute atomic E-state index is 12.9. The van der Waals surface area contributed by atoms with E-state index < -0.39 is 0 Å². The summed E-state index contributed by atoms with van der Waals surface area (Å²) in [4.78, 5) is 12.9. The first-order valence-corrected chi connectivity index (χ1v) is 50.4. The molecule has 0 saturated heterocycles. The molecule has 1 amide bonds. The minimum absolute atomic E-state index is 0.00270. The lowest BCUT2D eigenvalue weighted by Gasteiger charge is -2.22. The highest BCUT2D eigenvalue weighted by Gasteiger charge is 2.25. The Labute approximate surface area is 773 Å². The van der Waals surface area contributed by atoms with Crippen LogP contribution in [0.2, 0.25) is 0 Å². The average Bonchev–Trinajstić information content (AvgIpc) is 0.587. The summed E-state index contributed by atoms with van der Waals surface area (Å²) in [6, 6.07) is 38.7. The number of nitrogens with one attached hydrogen (secondary N) is 1. The van der Waals surface area contributed by atoms with Crippen LogP contribution in [0.1, 0.15) is 371 Å². The number of hydrogen-bond donors (Lipinski definition) is 1. The van der Waals surface area contributed by atoms with E-state index in [-0.39, 0.29) is 32.3 Å². The average molecular weight is 1770 g/mol. The van der Waals surface area contributed by atoms with E-state index >= 15 is 0 Å². The topological polar surface area (TPSA) is 158 Å². The molecule has 0 saturated carbocycles. The molecule has 0 radical (unpaired) electrons. The van der Waals surface area contributed by atoms with Gasteiger partial charge in [0.1, 0.15) is 37.9 Å². The van der Waals surface area contributed by atoms with Crippen molar-refractivity contribution < 1.29 is 71.1 Å². The van der Waals surface area contributed by atoms with Crippen LogP contribution in [0.5, 0.6) is 80.5 Å². The summed E-state index contributed by atoms with van der Waals surface area (Å²) >= 11 is 0. The molecular formula is C112H165NO15. The highest BCUT2D eigenvalue weighted by molar-refractivity contribution is 5.90. The molecule has 7 aromatic carbocycles. The Hall–Kier alpha value is -9.31. The molecule has 0 fully saturated rings. The van der Waals surface area contributed by atoms with Crippen molar-refractivity contribution >= 4 is 29.8 Å². The highest BCUT2D eigenvalue weighted by atomic mass is 16.6. The molecule has 16 nitrogen and oxygen atoms in total. The van der Waals surface area contributed by atoms with Gasteiger partial charge in [-0.05, 0) is 192 Å². The van der Waals surface area contributed by atoms with Crippen molar-refractivity contribution in [1.82, 2.24) is 0 Å². The van der Waals surface area contributed by atoms with E-state index in [0.29, 0.717) is 147 Å². The van der Waals surface area contributed by atoms with Crippen LogP contribution in [0.4, 0.5) is 5.69 Å². The summed E-state index contributed by atoms with van der Waals surface area (Å²) in [5.41, 5.74) is 7.91. The van der Waals surface area contributed by atoms with Crippen molar-refractivity contribution in [2.45, 2.75) is 359 Å². The molecule has 0 unspecified atom stereocenters. The summed E-state index contributed by atoms with van der Waals surface area (Å²) in [6.07, 6.45) is 49.0. The zero-order chi connectivity index (χ0) is 90.9. The van der Waals surface area contributed by atoms with E-state index in [2.05, 4.69) is 166 Å². The van der Waals surface area contributed by atoms with Crippen molar-refractivity contribution in [2.75, 3.05) is 71.4 Å². The molecule has 0 heterocycles. The first-order chi connectivity index (χ1) is 63.0. The number of ether oxygens (including phenoxy) is 14. The molecule has 0 atom stereocenters. The van der Waals surface area contributed by atoms with Crippen molar-refractivity contribution in [3.8, 4) is 80.5 Å². The van der Waals surface area contributed by atoms with E-state index in [4.69, 9.17) is 66.3 Å². The summed E-state index contributed by atoms with van der Waals surface area (Å²) < 4.78 is 97.9. The molecule has 0 aliphatic carbocycles. The van der Waals surface area contributed by atoms with E-state index in [0.717, 1.165) is 301 Å². The monoisotopic (exact) mass is 1760 g/mol.